The summed E-state index contributed by atoms with van der Waals surface area (Å²) in [6, 6.07) is 4.61. The normalized spacial score (nSPS) is 18.1. The van der Waals surface area contributed by atoms with Gasteiger partial charge in [0.15, 0.2) is 0 Å². The van der Waals surface area contributed by atoms with Crippen molar-refractivity contribution in [3.8, 4) is 0 Å². The summed E-state index contributed by atoms with van der Waals surface area (Å²) in [5.41, 5.74) is 4.14. The van der Waals surface area contributed by atoms with Crippen molar-refractivity contribution in [2.24, 2.45) is 5.84 Å². The molecule has 5 heteroatoms. The molecule has 1 saturated heterocycles. The summed E-state index contributed by atoms with van der Waals surface area (Å²) in [7, 11) is 0. The number of nitrogens with one attached hydrogen (secondary N) is 1. The van der Waals surface area contributed by atoms with Gasteiger partial charge in [-0.1, -0.05) is 6.07 Å². The number of nitrogens with zero attached hydrogens (tertiary/aromatic N) is 2. The molecule has 0 aromatic carbocycles. The Kier molecular flexibility index (Phi) is 5.69. The minimum Gasteiger partial charge on any atom is -0.299 e. The van der Waals surface area contributed by atoms with Crippen molar-refractivity contribution < 1.29 is 0 Å². The summed E-state index contributed by atoms with van der Waals surface area (Å²) < 4.78 is 0. The number of pyridine rings is 1. The van der Waals surface area contributed by atoms with Gasteiger partial charge in [-0.15, -0.1) is 12.4 Å². The van der Waals surface area contributed by atoms with E-state index >= 15 is 0 Å². The highest BCUT2D eigenvalue weighted by molar-refractivity contribution is 5.85. The number of likely N-dealkylation sites (tertiary alicyclic amines) is 1. The SMILES string of the molecule is Cl.NNC1CCN(Cc2cccnc2)CC1. The van der Waals surface area contributed by atoms with Gasteiger partial charge in [-0.2, -0.15) is 0 Å². The third kappa shape index (κ3) is 3.72. The van der Waals surface area contributed by atoms with Crippen molar-refractivity contribution in [1.82, 2.24) is 15.3 Å². The Morgan fingerprint density at radius 3 is 2.75 bits per heavy atom. The maximum absolute atomic E-state index is 5.42. The average Bonchev–Trinajstić information content (AvgIpc) is 2.31. The summed E-state index contributed by atoms with van der Waals surface area (Å²) in [5, 5.41) is 0. The predicted octanol–water partition coefficient (Wildman–Crippen LogP) is 0.931. The van der Waals surface area contributed by atoms with E-state index in [1.54, 1.807) is 0 Å². The van der Waals surface area contributed by atoms with E-state index in [-0.39, 0.29) is 12.4 Å². The number of piperidine rings is 1. The minimum atomic E-state index is 0. The number of hydrogen-bond acceptors (Lipinski definition) is 4. The molecule has 0 spiro atoms. The van der Waals surface area contributed by atoms with Crippen LogP contribution in [-0.4, -0.2) is 29.0 Å². The molecule has 2 heterocycles. The fraction of sp³-hybridized carbons (Fsp3) is 0.545. The van der Waals surface area contributed by atoms with Crippen molar-refractivity contribution in [2.75, 3.05) is 13.1 Å². The topological polar surface area (TPSA) is 54.2 Å². The van der Waals surface area contributed by atoms with E-state index in [9.17, 15) is 0 Å². The van der Waals surface area contributed by atoms with Crippen LogP contribution in [0.1, 0.15) is 18.4 Å². The van der Waals surface area contributed by atoms with E-state index in [2.05, 4.69) is 21.4 Å². The van der Waals surface area contributed by atoms with Crippen LogP contribution in [0.15, 0.2) is 24.5 Å². The number of hydrazine groups is 1. The van der Waals surface area contributed by atoms with E-state index in [4.69, 9.17) is 5.84 Å². The molecule has 2 rings (SSSR count). The van der Waals surface area contributed by atoms with Gasteiger partial charge in [0.05, 0.1) is 0 Å². The Balaban J connectivity index is 0.00000128. The van der Waals surface area contributed by atoms with Crippen LogP contribution in [-0.2, 0) is 6.54 Å². The van der Waals surface area contributed by atoms with Crippen LogP contribution in [0.2, 0.25) is 0 Å². The van der Waals surface area contributed by atoms with Gasteiger partial charge in [-0.05, 0) is 24.5 Å². The van der Waals surface area contributed by atoms with Gasteiger partial charge >= 0.3 is 0 Å². The Morgan fingerprint density at radius 2 is 2.19 bits per heavy atom. The predicted molar refractivity (Wildman–Crippen MR) is 67.1 cm³/mol. The van der Waals surface area contributed by atoms with Crippen LogP contribution in [0.5, 0.6) is 0 Å². The standard InChI is InChI=1S/C11H18N4.ClH/c12-14-11-3-6-15(7-4-11)9-10-2-1-5-13-8-10;/h1-2,5,8,11,14H,3-4,6-7,9,12H2;1H. The molecule has 1 aliphatic heterocycles. The van der Waals surface area contributed by atoms with Crippen molar-refractivity contribution in [3.63, 3.8) is 0 Å². The minimum absolute atomic E-state index is 0. The van der Waals surface area contributed by atoms with E-state index in [0.717, 1.165) is 32.5 Å². The molecule has 1 aromatic rings. The fourth-order valence-corrected chi connectivity index (χ4v) is 2.01. The molecule has 0 amide bonds. The van der Waals surface area contributed by atoms with Crippen molar-refractivity contribution in [1.29, 1.82) is 0 Å². The van der Waals surface area contributed by atoms with Crippen LogP contribution in [0.4, 0.5) is 0 Å². The molecule has 0 radical (unpaired) electrons. The number of rotatable bonds is 3. The summed E-state index contributed by atoms with van der Waals surface area (Å²) in [6.45, 7) is 3.23. The molecule has 1 aromatic heterocycles. The van der Waals surface area contributed by atoms with E-state index < -0.39 is 0 Å². The molecule has 3 N–H and O–H groups in total. The molecule has 1 aliphatic rings. The molecular weight excluding hydrogens is 224 g/mol. The highest BCUT2D eigenvalue weighted by Crippen LogP contribution is 2.12. The third-order valence-electron chi connectivity index (χ3n) is 2.95. The maximum Gasteiger partial charge on any atom is 0.0312 e. The van der Waals surface area contributed by atoms with Crippen molar-refractivity contribution >= 4 is 12.4 Å². The summed E-state index contributed by atoms with van der Waals surface area (Å²) in [5.74, 6) is 5.42. The van der Waals surface area contributed by atoms with E-state index in [0.29, 0.717) is 6.04 Å². The highest BCUT2D eigenvalue weighted by Gasteiger charge is 2.17. The molecule has 90 valence electrons. The first-order valence-corrected chi connectivity index (χ1v) is 5.46. The fourth-order valence-electron chi connectivity index (χ4n) is 2.01. The lowest BCUT2D eigenvalue weighted by molar-refractivity contribution is 0.191. The van der Waals surface area contributed by atoms with Gasteiger partial charge in [0.2, 0.25) is 0 Å². The van der Waals surface area contributed by atoms with Gasteiger partial charge in [-0.3, -0.25) is 21.2 Å². The van der Waals surface area contributed by atoms with E-state index in [1.165, 1.54) is 5.56 Å². The second kappa shape index (κ2) is 6.81. The molecule has 4 nitrogen and oxygen atoms in total. The molecule has 1 fully saturated rings. The maximum atomic E-state index is 5.42. The van der Waals surface area contributed by atoms with E-state index in [1.807, 2.05) is 18.5 Å². The number of hydrogen-bond donors (Lipinski definition) is 2. The zero-order chi connectivity index (χ0) is 10.5. The molecule has 16 heavy (non-hydrogen) atoms. The molecule has 0 bridgehead atoms. The highest BCUT2D eigenvalue weighted by atomic mass is 35.5. The second-order valence-electron chi connectivity index (χ2n) is 4.08. The zero-order valence-corrected chi connectivity index (χ0v) is 10.1. The van der Waals surface area contributed by atoms with Crippen molar-refractivity contribution in [3.05, 3.63) is 30.1 Å². The number of nitrogens with two attached hydrogens (primary N) is 1. The summed E-state index contributed by atoms with van der Waals surface area (Å²) in [6.07, 6.45) is 6.02. The first-order valence-electron chi connectivity index (χ1n) is 5.46. The lowest BCUT2D eigenvalue weighted by Crippen LogP contribution is -2.44. The van der Waals surface area contributed by atoms with Crippen LogP contribution in [0.25, 0.3) is 0 Å². The van der Waals surface area contributed by atoms with Crippen LogP contribution in [0, 0.1) is 0 Å². The number of aromatic nitrogens is 1. The van der Waals surface area contributed by atoms with Crippen molar-refractivity contribution in [2.45, 2.75) is 25.4 Å². The smallest absolute Gasteiger partial charge is 0.0312 e. The first kappa shape index (κ1) is 13.4. The average molecular weight is 243 g/mol. The monoisotopic (exact) mass is 242 g/mol. The van der Waals surface area contributed by atoms with Crippen LogP contribution >= 0.6 is 12.4 Å². The third-order valence-corrected chi connectivity index (χ3v) is 2.95. The Morgan fingerprint density at radius 1 is 1.44 bits per heavy atom. The van der Waals surface area contributed by atoms with Gasteiger partial charge in [-0.25, -0.2) is 0 Å². The van der Waals surface area contributed by atoms with Gasteiger partial charge in [0, 0.05) is 38.1 Å². The summed E-state index contributed by atoms with van der Waals surface area (Å²) >= 11 is 0. The van der Waals surface area contributed by atoms with Gasteiger partial charge in [0.25, 0.3) is 0 Å². The molecule has 0 unspecified atom stereocenters. The van der Waals surface area contributed by atoms with Crippen LogP contribution in [0.3, 0.4) is 0 Å². The van der Waals surface area contributed by atoms with Crippen LogP contribution < -0.4 is 11.3 Å². The molecular formula is C11H19ClN4. The Labute approximate surface area is 103 Å². The Bertz CT molecular complexity index is 285. The molecule has 0 aliphatic carbocycles. The quantitative estimate of drug-likeness (QED) is 0.612. The lowest BCUT2D eigenvalue weighted by Gasteiger charge is -2.31. The molecule has 0 atom stereocenters. The van der Waals surface area contributed by atoms with Gasteiger partial charge in [0.1, 0.15) is 0 Å². The lowest BCUT2D eigenvalue weighted by atomic mass is 10.1. The van der Waals surface area contributed by atoms with Gasteiger partial charge < -0.3 is 0 Å². The Hall–Kier alpha value is -0.680. The second-order valence-corrected chi connectivity index (χ2v) is 4.08. The summed E-state index contributed by atoms with van der Waals surface area (Å²) in [4.78, 5) is 6.57. The zero-order valence-electron chi connectivity index (χ0n) is 9.30. The number of halogens is 1. The molecule has 0 saturated carbocycles. The largest absolute Gasteiger partial charge is 0.299 e. The first-order chi connectivity index (χ1) is 7.38.